The molecule has 1 aromatic rings. The van der Waals surface area contributed by atoms with Crippen molar-refractivity contribution in [1.82, 2.24) is 4.90 Å². The van der Waals surface area contributed by atoms with Gasteiger partial charge in [0.05, 0.1) is 12.5 Å². The second kappa shape index (κ2) is 7.63. The molecule has 1 atom stereocenters. The fraction of sp³-hybridized carbons (Fsp3) is 0.471. The molecule has 1 N–H and O–H groups in total. The first-order valence-corrected chi connectivity index (χ1v) is 7.28. The lowest BCUT2D eigenvalue weighted by atomic mass is 9.98. The summed E-state index contributed by atoms with van der Waals surface area (Å²) in [7, 11) is 1.40. The van der Waals surface area contributed by atoms with E-state index >= 15 is 0 Å². The number of hydrogen-bond acceptors (Lipinski definition) is 4. The van der Waals surface area contributed by atoms with E-state index in [9.17, 15) is 14.7 Å². The average Bonchev–Trinajstić information content (AvgIpc) is 2.43. The number of likely N-dealkylation sites (N-methyl/N-ethyl adjacent to an activating group) is 1. The predicted octanol–water partition coefficient (Wildman–Crippen LogP) is 2.62. The molecule has 0 aromatic heterocycles. The molecule has 0 bridgehead atoms. The van der Waals surface area contributed by atoms with Crippen LogP contribution in [-0.2, 0) is 22.4 Å². The van der Waals surface area contributed by atoms with Crippen molar-refractivity contribution < 1.29 is 19.4 Å². The van der Waals surface area contributed by atoms with E-state index in [0.717, 1.165) is 16.0 Å². The summed E-state index contributed by atoms with van der Waals surface area (Å²) in [5.74, 6) is -1.12. The molecule has 23 heavy (non-hydrogen) atoms. The molecule has 6 nitrogen and oxygen atoms in total. The molecular formula is C17H22N2O4. The number of rotatable bonds is 5. The molecule has 0 saturated carbocycles. The van der Waals surface area contributed by atoms with Gasteiger partial charge in [0.25, 0.3) is 0 Å². The van der Waals surface area contributed by atoms with Gasteiger partial charge in [-0.05, 0) is 31.9 Å². The minimum atomic E-state index is -1.12. The Bertz CT molecular complexity index is 614. The maximum absolute atomic E-state index is 12.1. The molecule has 124 valence electrons. The average molecular weight is 318 g/mol. The Morgan fingerprint density at radius 1 is 1.30 bits per heavy atom. The Labute approximate surface area is 136 Å². The van der Waals surface area contributed by atoms with Gasteiger partial charge in [-0.15, -0.1) is 0 Å². The third-order valence-corrected chi connectivity index (χ3v) is 3.24. The fourth-order valence-electron chi connectivity index (χ4n) is 2.07. The molecule has 0 aliphatic rings. The predicted molar refractivity (Wildman–Crippen MR) is 84.9 cm³/mol. The Kier molecular flexibility index (Phi) is 6.14. The molecule has 0 fully saturated rings. The highest BCUT2D eigenvalue weighted by atomic mass is 16.6. The fourth-order valence-corrected chi connectivity index (χ4v) is 2.07. The molecule has 0 aliphatic heterocycles. The summed E-state index contributed by atoms with van der Waals surface area (Å²) >= 11 is 0. The summed E-state index contributed by atoms with van der Waals surface area (Å²) in [5.41, 5.74) is 0.795. The molecule has 1 rings (SSSR count). The molecule has 0 heterocycles. The highest BCUT2D eigenvalue weighted by molar-refractivity contribution is 5.80. The maximum atomic E-state index is 12.1. The van der Waals surface area contributed by atoms with Gasteiger partial charge in [-0.3, -0.25) is 4.90 Å². The number of ether oxygens (including phenoxy) is 1. The highest BCUT2D eigenvalue weighted by Gasteiger charge is 2.30. The number of amides is 1. The van der Waals surface area contributed by atoms with Gasteiger partial charge in [-0.1, -0.05) is 24.3 Å². The summed E-state index contributed by atoms with van der Waals surface area (Å²) in [4.78, 5) is 24.7. The van der Waals surface area contributed by atoms with Crippen LogP contribution in [0.5, 0.6) is 0 Å². The summed E-state index contributed by atoms with van der Waals surface area (Å²) in [5, 5.41) is 18.3. The third-order valence-electron chi connectivity index (χ3n) is 3.24. The van der Waals surface area contributed by atoms with Crippen molar-refractivity contribution in [3.8, 4) is 6.07 Å². The van der Waals surface area contributed by atoms with Crippen LogP contribution in [0.3, 0.4) is 0 Å². The van der Waals surface area contributed by atoms with E-state index in [1.54, 1.807) is 45.0 Å². The molecule has 0 spiro atoms. The molecule has 0 aliphatic carbocycles. The van der Waals surface area contributed by atoms with Crippen molar-refractivity contribution in [2.45, 2.75) is 45.3 Å². The quantitative estimate of drug-likeness (QED) is 0.901. The number of benzene rings is 1. The second-order valence-electron chi connectivity index (χ2n) is 6.25. The van der Waals surface area contributed by atoms with Crippen molar-refractivity contribution in [3.05, 3.63) is 35.4 Å². The van der Waals surface area contributed by atoms with Crippen LogP contribution in [-0.4, -0.2) is 40.8 Å². The zero-order valence-corrected chi connectivity index (χ0v) is 13.9. The van der Waals surface area contributed by atoms with Crippen LogP contribution in [0.15, 0.2) is 24.3 Å². The van der Waals surface area contributed by atoms with E-state index in [1.807, 2.05) is 0 Å². The highest BCUT2D eigenvalue weighted by Crippen LogP contribution is 2.17. The molecule has 1 amide bonds. The largest absolute Gasteiger partial charge is 0.480 e. The van der Waals surface area contributed by atoms with Crippen LogP contribution in [0.2, 0.25) is 0 Å². The van der Waals surface area contributed by atoms with Crippen LogP contribution in [0, 0.1) is 11.3 Å². The molecule has 6 heteroatoms. The van der Waals surface area contributed by atoms with Gasteiger partial charge >= 0.3 is 12.1 Å². The first-order valence-electron chi connectivity index (χ1n) is 7.28. The topological polar surface area (TPSA) is 90.6 Å². The van der Waals surface area contributed by atoms with E-state index in [-0.39, 0.29) is 12.8 Å². The van der Waals surface area contributed by atoms with Crippen molar-refractivity contribution in [1.29, 1.82) is 5.26 Å². The van der Waals surface area contributed by atoms with Gasteiger partial charge < -0.3 is 9.84 Å². The third kappa shape index (κ3) is 5.62. The normalized spacial score (nSPS) is 12.1. The summed E-state index contributed by atoms with van der Waals surface area (Å²) in [6.45, 7) is 5.16. The molecule has 0 radical (unpaired) electrons. The first kappa shape index (κ1) is 18.5. The van der Waals surface area contributed by atoms with E-state index < -0.39 is 23.7 Å². The Balaban J connectivity index is 2.98. The lowest BCUT2D eigenvalue weighted by Gasteiger charge is -2.28. The van der Waals surface area contributed by atoms with Crippen molar-refractivity contribution in [2.24, 2.45) is 0 Å². The molecule has 1 unspecified atom stereocenters. The van der Waals surface area contributed by atoms with Gasteiger partial charge in [0.2, 0.25) is 0 Å². The lowest BCUT2D eigenvalue weighted by Crippen LogP contribution is -2.46. The zero-order valence-electron chi connectivity index (χ0n) is 13.9. The van der Waals surface area contributed by atoms with Gasteiger partial charge in [0.15, 0.2) is 0 Å². The van der Waals surface area contributed by atoms with Crippen LogP contribution in [0.4, 0.5) is 4.79 Å². The van der Waals surface area contributed by atoms with Crippen LogP contribution < -0.4 is 0 Å². The monoisotopic (exact) mass is 318 g/mol. The minimum Gasteiger partial charge on any atom is -0.480 e. The number of carboxylic acids is 1. The van der Waals surface area contributed by atoms with Crippen molar-refractivity contribution >= 4 is 12.1 Å². The second-order valence-corrected chi connectivity index (χ2v) is 6.25. The Morgan fingerprint density at radius 3 is 2.35 bits per heavy atom. The van der Waals surface area contributed by atoms with Crippen molar-refractivity contribution in [2.75, 3.05) is 7.05 Å². The zero-order chi connectivity index (χ0) is 17.6. The lowest BCUT2D eigenvalue weighted by molar-refractivity contribution is -0.142. The molecule has 1 aromatic carbocycles. The number of nitrogens with zero attached hydrogens (tertiary/aromatic N) is 2. The summed E-state index contributed by atoms with van der Waals surface area (Å²) in [6, 6.07) is 8.12. The van der Waals surface area contributed by atoms with Gasteiger partial charge in [0.1, 0.15) is 11.6 Å². The van der Waals surface area contributed by atoms with E-state index in [4.69, 9.17) is 10.00 Å². The SMILES string of the molecule is CN(C(=O)OC(C)(C)C)C(Cc1ccccc1CC#N)C(=O)O. The molecular weight excluding hydrogens is 296 g/mol. The first-order chi connectivity index (χ1) is 10.7. The van der Waals surface area contributed by atoms with E-state index in [1.165, 1.54) is 7.05 Å². The van der Waals surface area contributed by atoms with Gasteiger partial charge in [-0.2, -0.15) is 5.26 Å². The number of carbonyl (C=O) groups excluding carboxylic acids is 1. The smallest absolute Gasteiger partial charge is 0.410 e. The maximum Gasteiger partial charge on any atom is 0.410 e. The summed E-state index contributed by atoms with van der Waals surface area (Å²) < 4.78 is 5.22. The number of aliphatic carboxylic acids is 1. The summed E-state index contributed by atoms with van der Waals surface area (Å²) in [6.07, 6.45) is -0.385. The number of carboxylic acid groups (broad SMARTS) is 1. The molecule has 0 saturated heterocycles. The number of carbonyl (C=O) groups is 2. The van der Waals surface area contributed by atoms with Crippen LogP contribution in [0.1, 0.15) is 31.9 Å². The minimum absolute atomic E-state index is 0.114. The van der Waals surface area contributed by atoms with Crippen molar-refractivity contribution in [3.63, 3.8) is 0 Å². The Hall–Kier alpha value is -2.55. The standard InChI is InChI=1S/C17H22N2O4/c1-17(2,3)23-16(22)19(4)14(15(20)21)11-13-8-6-5-7-12(13)9-10-18/h5-8,14H,9,11H2,1-4H3,(H,20,21). The van der Waals surface area contributed by atoms with E-state index in [0.29, 0.717) is 0 Å². The van der Waals surface area contributed by atoms with Crippen LogP contribution in [0.25, 0.3) is 0 Å². The van der Waals surface area contributed by atoms with Gasteiger partial charge in [0, 0.05) is 13.5 Å². The number of nitriles is 1. The van der Waals surface area contributed by atoms with Crippen LogP contribution >= 0.6 is 0 Å². The van der Waals surface area contributed by atoms with E-state index in [2.05, 4.69) is 6.07 Å². The van der Waals surface area contributed by atoms with Gasteiger partial charge in [-0.25, -0.2) is 9.59 Å². The Morgan fingerprint density at radius 2 is 1.87 bits per heavy atom. The number of hydrogen-bond donors (Lipinski definition) is 1.